The van der Waals surface area contributed by atoms with Crippen LogP contribution in [0.3, 0.4) is 0 Å². The summed E-state index contributed by atoms with van der Waals surface area (Å²) in [5.41, 5.74) is -1.17. The lowest BCUT2D eigenvalue weighted by Crippen LogP contribution is -2.46. The van der Waals surface area contributed by atoms with E-state index in [1.807, 2.05) is 27.7 Å². The minimum Gasteiger partial charge on any atom is -0.512 e. The third kappa shape index (κ3) is 12.4. The van der Waals surface area contributed by atoms with Crippen molar-refractivity contribution in [2.45, 2.75) is 147 Å². The van der Waals surface area contributed by atoms with E-state index in [4.69, 9.17) is 14.2 Å². The first kappa shape index (κ1) is 41.1. The summed E-state index contributed by atoms with van der Waals surface area (Å²) in [7, 11) is 0. The van der Waals surface area contributed by atoms with Crippen LogP contribution in [-0.2, 0) is 19.0 Å². The molecule has 51 heavy (non-hydrogen) atoms. The number of cyclic esters (lactones) is 1. The van der Waals surface area contributed by atoms with Gasteiger partial charge in [0.05, 0.1) is 30.0 Å². The molecule has 3 fully saturated rings. The van der Waals surface area contributed by atoms with Crippen molar-refractivity contribution in [1.29, 1.82) is 0 Å². The molecule has 0 radical (unpaired) electrons. The summed E-state index contributed by atoms with van der Waals surface area (Å²) in [5, 5.41) is 43.3. The van der Waals surface area contributed by atoms with Crippen LogP contribution in [0.15, 0.2) is 47.3 Å². The molecule has 11 heteroatoms. The number of rotatable bonds is 10. The van der Waals surface area contributed by atoms with Gasteiger partial charge in [0.25, 0.3) is 0 Å². The summed E-state index contributed by atoms with van der Waals surface area (Å²) in [5.74, 6) is 0.120. The normalized spacial score (nSPS) is 34.5. The van der Waals surface area contributed by atoms with E-state index in [2.05, 4.69) is 4.90 Å². The summed E-state index contributed by atoms with van der Waals surface area (Å²) in [6.07, 6.45) is 12.0. The first-order chi connectivity index (χ1) is 24.1. The molecule has 2 saturated heterocycles. The maximum atomic E-state index is 13.5. The molecule has 11 nitrogen and oxygen atoms in total. The Labute approximate surface area is 305 Å². The van der Waals surface area contributed by atoms with E-state index < -0.39 is 41.6 Å². The monoisotopic (exact) mass is 716 g/mol. The van der Waals surface area contributed by atoms with Crippen molar-refractivity contribution in [3.63, 3.8) is 0 Å². The summed E-state index contributed by atoms with van der Waals surface area (Å²) in [6.45, 7) is 14.7. The summed E-state index contributed by atoms with van der Waals surface area (Å²) >= 11 is 0. The highest BCUT2D eigenvalue weighted by atomic mass is 16.6. The molecule has 0 spiro atoms. The number of carbonyl (C=O) groups is 2. The van der Waals surface area contributed by atoms with Gasteiger partial charge in [-0.1, -0.05) is 51.0 Å². The van der Waals surface area contributed by atoms with Gasteiger partial charge in [-0.3, -0.25) is 4.79 Å². The van der Waals surface area contributed by atoms with Gasteiger partial charge in [0.2, 0.25) is 0 Å². The van der Waals surface area contributed by atoms with Crippen LogP contribution >= 0.6 is 0 Å². The number of aliphatic hydroxyl groups excluding tert-OH is 2. The summed E-state index contributed by atoms with van der Waals surface area (Å²) < 4.78 is 17.6. The van der Waals surface area contributed by atoms with Gasteiger partial charge in [0.15, 0.2) is 6.10 Å². The fourth-order valence-corrected chi connectivity index (χ4v) is 7.63. The Bertz CT molecular complexity index is 1300. The van der Waals surface area contributed by atoms with Gasteiger partial charge in [-0.15, -0.1) is 0 Å². The van der Waals surface area contributed by atoms with E-state index in [9.17, 15) is 30.0 Å². The molecule has 1 amide bonds. The maximum Gasteiger partial charge on any atom is 0.410 e. The van der Waals surface area contributed by atoms with Gasteiger partial charge >= 0.3 is 12.1 Å². The van der Waals surface area contributed by atoms with Gasteiger partial charge in [-0.05, 0) is 89.5 Å². The van der Waals surface area contributed by atoms with Crippen molar-refractivity contribution in [2.75, 3.05) is 32.7 Å². The number of epoxide rings is 1. The number of hydrogen-bond acceptors (Lipinski definition) is 10. The van der Waals surface area contributed by atoms with Crippen molar-refractivity contribution < 1.29 is 44.2 Å². The van der Waals surface area contributed by atoms with Crippen molar-refractivity contribution >= 4 is 12.1 Å². The smallest absolute Gasteiger partial charge is 0.410 e. The number of amides is 1. The van der Waals surface area contributed by atoms with E-state index in [0.29, 0.717) is 37.3 Å². The van der Waals surface area contributed by atoms with Crippen molar-refractivity contribution in [1.82, 2.24) is 9.80 Å². The molecule has 0 aromatic rings. The minimum atomic E-state index is -1.49. The van der Waals surface area contributed by atoms with Crippen molar-refractivity contribution in [3.05, 3.63) is 47.3 Å². The second-order valence-electron chi connectivity index (χ2n) is 15.9. The molecular weight excluding hydrogens is 652 g/mol. The summed E-state index contributed by atoms with van der Waals surface area (Å²) in [4.78, 5) is 30.6. The predicted octanol–water partition coefficient (Wildman–Crippen LogP) is 5.74. The Kier molecular flexibility index (Phi) is 14.8. The van der Waals surface area contributed by atoms with E-state index in [1.165, 1.54) is 25.7 Å². The molecule has 0 bridgehead atoms. The molecule has 8 unspecified atom stereocenters. The molecule has 0 aromatic carbocycles. The number of allylic oxidation sites excluding steroid dienone is 3. The Morgan fingerprint density at radius 2 is 1.82 bits per heavy atom. The SMILES string of the molecule is CC/C(O)=C(\C)C1OC1CC(C)(O)/C=C/C=C(\C)C1OC(=O)CC(O)CCC(C)(O)C(OC(=O)N2CCCN(CC3CCCC3)CC2)/C=C/C1C. The van der Waals surface area contributed by atoms with Crippen molar-refractivity contribution in [3.8, 4) is 0 Å². The van der Waals surface area contributed by atoms with Gasteiger partial charge in [0.1, 0.15) is 17.8 Å². The molecule has 0 aromatic heterocycles. The van der Waals surface area contributed by atoms with Crippen LogP contribution in [0.4, 0.5) is 4.79 Å². The average Bonchev–Trinajstić information content (AvgIpc) is 3.71. The van der Waals surface area contributed by atoms with Crippen LogP contribution in [0.2, 0.25) is 0 Å². The second-order valence-corrected chi connectivity index (χ2v) is 15.9. The standard InChI is InChI=1S/C40H64N2O9/c1-7-32(44)29(4)37-33(49-37)25-39(5,47)18-10-12-27(2)36-28(3)15-16-34(40(6,48)19-17-31(43)24-35(45)51-36)50-38(46)42-21-11-20-41(22-23-42)26-30-13-8-9-14-30/h10,12,15-16,18,28,30-31,33-34,36-37,43-44,47-48H,7-9,11,13-14,17,19-26H2,1-6H3/b16-15+,18-10+,27-12+,32-29-. The van der Waals surface area contributed by atoms with E-state index in [1.54, 1.807) is 49.1 Å². The Balaban J connectivity index is 1.44. The lowest BCUT2D eigenvalue weighted by atomic mass is 9.88. The minimum absolute atomic E-state index is 0.114. The number of esters is 1. The Hall–Kier alpha value is -2.70. The first-order valence-corrected chi connectivity index (χ1v) is 19.2. The van der Waals surface area contributed by atoms with Gasteiger partial charge in [-0.25, -0.2) is 4.79 Å². The maximum absolute atomic E-state index is 13.5. The lowest BCUT2D eigenvalue weighted by Gasteiger charge is -2.34. The molecule has 1 saturated carbocycles. The fraction of sp³-hybridized carbons (Fsp3) is 0.750. The average molecular weight is 717 g/mol. The quantitative estimate of drug-likeness (QED) is 0.0724. The number of ether oxygens (including phenoxy) is 3. The van der Waals surface area contributed by atoms with E-state index in [0.717, 1.165) is 37.5 Å². The zero-order valence-electron chi connectivity index (χ0n) is 31.8. The molecule has 1 aliphatic carbocycles. The van der Waals surface area contributed by atoms with Crippen LogP contribution in [0, 0.1) is 11.8 Å². The van der Waals surface area contributed by atoms with E-state index >= 15 is 0 Å². The predicted molar refractivity (Wildman–Crippen MR) is 196 cm³/mol. The van der Waals surface area contributed by atoms with Crippen LogP contribution in [0.25, 0.3) is 0 Å². The third-order valence-electron chi connectivity index (χ3n) is 11.1. The number of aliphatic hydroxyl groups is 4. The van der Waals surface area contributed by atoms with Crippen LogP contribution < -0.4 is 0 Å². The van der Waals surface area contributed by atoms with Crippen LogP contribution in [0.5, 0.6) is 0 Å². The topological polar surface area (TPSA) is 153 Å². The highest BCUT2D eigenvalue weighted by Crippen LogP contribution is 2.37. The molecule has 8 atom stereocenters. The van der Waals surface area contributed by atoms with Crippen LogP contribution in [0.1, 0.15) is 106 Å². The molecule has 288 valence electrons. The molecule has 3 aliphatic heterocycles. The first-order valence-electron chi connectivity index (χ1n) is 19.2. The highest BCUT2D eigenvalue weighted by Gasteiger charge is 2.44. The number of hydrogen-bond donors (Lipinski definition) is 4. The number of carbonyl (C=O) groups excluding carboxylic acids is 2. The highest BCUT2D eigenvalue weighted by molar-refractivity contribution is 5.70. The van der Waals surface area contributed by atoms with Crippen molar-refractivity contribution in [2.24, 2.45) is 11.8 Å². The largest absolute Gasteiger partial charge is 0.512 e. The Morgan fingerprint density at radius 1 is 1.10 bits per heavy atom. The fourth-order valence-electron chi connectivity index (χ4n) is 7.63. The lowest BCUT2D eigenvalue weighted by molar-refractivity contribution is -0.151. The molecular formula is C40H64N2O9. The Morgan fingerprint density at radius 3 is 2.53 bits per heavy atom. The molecule has 4 aliphatic rings. The number of nitrogens with zero attached hydrogens (tertiary/aromatic N) is 2. The van der Waals surface area contributed by atoms with Gasteiger partial charge < -0.3 is 44.4 Å². The molecule has 4 N–H and O–H groups in total. The molecule has 3 heterocycles. The summed E-state index contributed by atoms with van der Waals surface area (Å²) in [6, 6.07) is 0. The molecule has 4 rings (SSSR count). The zero-order valence-corrected chi connectivity index (χ0v) is 31.8. The van der Waals surface area contributed by atoms with E-state index in [-0.39, 0.29) is 37.4 Å². The second kappa shape index (κ2) is 18.4. The van der Waals surface area contributed by atoms with Gasteiger partial charge in [-0.2, -0.15) is 0 Å². The zero-order chi connectivity index (χ0) is 37.3. The van der Waals surface area contributed by atoms with Crippen LogP contribution in [-0.4, -0.2) is 117 Å². The van der Waals surface area contributed by atoms with Gasteiger partial charge in [0, 0.05) is 44.9 Å². The third-order valence-corrected chi connectivity index (χ3v) is 11.1.